The van der Waals surface area contributed by atoms with Crippen LogP contribution in [-0.2, 0) is 10.8 Å². The van der Waals surface area contributed by atoms with E-state index in [1.54, 1.807) is 16.7 Å². The molecule has 7 aliphatic carbocycles. The number of hydrogen-bond donors (Lipinski definition) is 0. The Morgan fingerprint density at radius 2 is 1.06 bits per heavy atom. The second-order valence-electron chi connectivity index (χ2n) is 16.8. The highest BCUT2D eigenvalue weighted by atomic mass is 15.1. The second kappa shape index (κ2) is 10.0. The van der Waals surface area contributed by atoms with Crippen molar-refractivity contribution in [3.63, 3.8) is 0 Å². The molecule has 1 heteroatoms. The molecular formula is C49H43N. The number of hydrogen-bond acceptors (Lipinski definition) is 1. The van der Waals surface area contributed by atoms with Crippen LogP contribution >= 0.6 is 0 Å². The Morgan fingerprint density at radius 3 is 1.86 bits per heavy atom. The molecule has 13 rings (SSSR count). The largest absolute Gasteiger partial charge is 0.310 e. The van der Waals surface area contributed by atoms with Gasteiger partial charge in [0.25, 0.3) is 0 Å². The summed E-state index contributed by atoms with van der Waals surface area (Å²) >= 11 is 0. The molecule has 0 amide bonds. The summed E-state index contributed by atoms with van der Waals surface area (Å²) in [6.07, 6.45) is 12.3. The lowest BCUT2D eigenvalue weighted by Gasteiger charge is -2.61. The number of nitrogens with zero attached hydrogens (tertiary/aromatic N) is 1. The van der Waals surface area contributed by atoms with Crippen LogP contribution in [0, 0.1) is 23.7 Å². The summed E-state index contributed by atoms with van der Waals surface area (Å²) in [5, 5.41) is 2.59. The molecule has 0 N–H and O–H groups in total. The standard InChI is InChI=1S/C49H43N/c1-2-12-38-33(10-1)11-9-17-47(38)50(37-18-20-41-39-13-3-5-15-43(39)48(46(41)30-37)22-7-8-23-48)36-19-21-45-42(29-36)40-14-4-6-16-44(40)49(45)34-25-31-24-32(27-34)28-35(49)26-31/h1-6,9-21,29-32,34-35H,7-8,22-28H2. The molecular weight excluding hydrogens is 603 g/mol. The third-order valence-electron chi connectivity index (χ3n) is 14.8. The Hall–Kier alpha value is -4.62. The summed E-state index contributed by atoms with van der Waals surface area (Å²) in [4.78, 5) is 2.60. The van der Waals surface area contributed by atoms with Crippen LogP contribution in [0.15, 0.2) is 127 Å². The Balaban J connectivity index is 1.08. The molecule has 0 unspecified atom stereocenters. The average molecular weight is 646 g/mol. The van der Waals surface area contributed by atoms with E-state index >= 15 is 0 Å². The van der Waals surface area contributed by atoms with Gasteiger partial charge in [-0.1, -0.05) is 110 Å². The summed E-state index contributed by atoms with van der Waals surface area (Å²) in [5.74, 6) is 3.47. The third-order valence-corrected chi connectivity index (χ3v) is 14.8. The van der Waals surface area contributed by atoms with Crippen molar-refractivity contribution < 1.29 is 0 Å². The normalized spacial score (nSPS) is 27.1. The van der Waals surface area contributed by atoms with Gasteiger partial charge in [-0.25, -0.2) is 0 Å². The van der Waals surface area contributed by atoms with Crippen molar-refractivity contribution in [3.05, 3.63) is 150 Å². The molecule has 1 nitrogen and oxygen atoms in total. The van der Waals surface area contributed by atoms with E-state index in [4.69, 9.17) is 0 Å². The van der Waals surface area contributed by atoms with Gasteiger partial charge in [0.05, 0.1) is 5.69 Å². The molecule has 0 aromatic heterocycles. The minimum Gasteiger partial charge on any atom is -0.310 e. The molecule has 0 atom stereocenters. The maximum Gasteiger partial charge on any atom is 0.0540 e. The average Bonchev–Trinajstić information content (AvgIpc) is 3.84. The Kier molecular flexibility index (Phi) is 5.62. The zero-order chi connectivity index (χ0) is 32.6. The van der Waals surface area contributed by atoms with Crippen LogP contribution in [0.3, 0.4) is 0 Å². The number of anilines is 3. The summed E-state index contributed by atoms with van der Waals surface area (Å²) in [5.41, 5.74) is 16.3. The van der Waals surface area contributed by atoms with Crippen LogP contribution in [0.25, 0.3) is 33.0 Å². The fourth-order valence-electron chi connectivity index (χ4n) is 13.2. The first kappa shape index (κ1) is 28.1. The molecule has 0 radical (unpaired) electrons. The topological polar surface area (TPSA) is 3.24 Å². The van der Waals surface area contributed by atoms with Gasteiger partial charge < -0.3 is 4.90 Å². The molecule has 5 fully saturated rings. The van der Waals surface area contributed by atoms with Crippen LogP contribution in [0.2, 0.25) is 0 Å². The number of rotatable bonds is 3. The maximum atomic E-state index is 2.60. The lowest BCUT2D eigenvalue weighted by Crippen LogP contribution is -2.55. The van der Waals surface area contributed by atoms with Gasteiger partial charge in [-0.15, -0.1) is 0 Å². The van der Waals surface area contributed by atoms with Crippen molar-refractivity contribution in [2.24, 2.45) is 23.7 Å². The summed E-state index contributed by atoms with van der Waals surface area (Å²) in [6.45, 7) is 0. The Morgan fingerprint density at radius 1 is 0.460 bits per heavy atom. The number of fused-ring (bicyclic) bond motifs is 9. The van der Waals surface area contributed by atoms with Crippen LogP contribution in [0.5, 0.6) is 0 Å². The SMILES string of the molecule is c1ccc2c(c1)-c1ccc(N(c3ccc4c(c3)-c3ccccc3C43C4CC5CC(C4)CC3C5)c3cccc4ccccc34)cc1C21CCCC1. The lowest BCUT2D eigenvalue weighted by atomic mass is 9.43. The highest BCUT2D eigenvalue weighted by Crippen LogP contribution is 2.69. The first-order chi connectivity index (χ1) is 24.7. The first-order valence-electron chi connectivity index (χ1n) is 19.5. The lowest BCUT2D eigenvalue weighted by molar-refractivity contribution is -0.0399. The molecule has 0 heterocycles. The molecule has 50 heavy (non-hydrogen) atoms. The van der Waals surface area contributed by atoms with Gasteiger partial charge in [-0.3, -0.25) is 0 Å². The van der Waals surface area contributed by atoms with E-state index in [2.05, 4.69) is 132 Å². The quantitative estimate of drug-likeness (QED) is 0.185. The van der Waals surface area contributed by atoms with Crippen molar-refractivity contribution in [3.8, 4) is 22.3 Å². The van der Waals surface area contributed by atoms with E-state index < -0.39 is 0 Å². The van der Waals surface area contributed by atoms with Crippen molar-refractivity contribution in [1.29, 1.82) is 0 Å². The summed E-state index contributed by atoms with van der Waals surface area (Å²) in [7, 11) is 0. The van der Waals surface area contributed by atoms with E-state index in [0.29, 0.717) is 0 Å². The fourth-order valence-corrected chi connectivity index (χ4v) is 13.2. The third kappa shape index (κ3) is 3.49. The molecule has 6 aromatic carbocycles. The molecule has 244 valence electrons. The van der Waals surface area contributed by atoms with Gasteiger partial charge in [0, 0.05) is 27.6 Å². The second-order valence-corrected chi connectivity index (χ2v) is 16.8. The van der Waals surface area contributed by atoms with Crippen molar-refractivity contribution in [2.45, 2.75) is 68.6 Å². The van der Waals surface area contributed by atoms with Gasteiger partial charge in [0.2, 0.25) is 0 Å². The molecule has 5 saturated carbocycles. The highest BCUT2D eigenvalue weighted by molar-refractivity contribution is 6.00. The minimum atomic E-state index is 0.134. The van der Waals surface area contributed by atoms with E-state index in [-0.39, 0.29) is 10.8 Å². The Labute approximate surface area is 296 Å². The molecule has 7 aliphatic rings. The number of benzene rings is 6. The van der Waals surface area contributed by atoms with Gasteiger partial charge in [0.15, 0.2) is 0 Å². The van der Waals surface area contributed by atoms with E-state index in [1.165, 1.54) is 113 Å². The van der Waals surface area contributed by atoms with Crippen LogP contribution < -0.4 is 4.90 Å². The van der Waals surface area contributed by atoms with Crippen LogP contribution in [-0.4, -0.2) is 0 Å². The highest BCUT2D eigenvalue weighted by Gasteiger charge is 2.61. The van der Waals surface area contributed by atoms with Crippen molar-refractivity contribution in [2.75, 3.05) is 4.90 Å². The van der Waals surface area contributed by atoms with Gasteiger partial charge in [-0.05, 0) is 149 Å². The van der Waals surface area contributed by atoms with Crippen LogP contribution in [0.1, 0.15) is 80.0 Å². The monoisotopic (exact) mass is 645 g/mol. The predicted molar refractivity (Wildman–Crippen MR) is 207 cm³/mol. The van der Waals surface area contributed by atoms with E-state index in [0.717, 1.165) is 23.7 Å². The van der Waals surface area contributed by atoms with Gasteiger partial charge >= 0.3 is 0 Å². The Bertz CT molecular complexity index is 2340. The molecule has 4 bridgehead atoms. The molecule has 6 aromatic rings. The van der Waals surface area contributed by atoms with Gasteiger partial charge in [-0.2, -0.15) is 0 Å². The molecule has 0 aliphatic heterocycles. The van der Waals surface area contributed by atoms with E-state index in [9.17, 15) is 0 Å². The molecule has 0 saturated heterocycles. The van der Waals surface area contributed by atoms with E-state index in [1.807, 2.05) is 0 Å². The minimum absolute atomic E-state index is 0.134. The first-order valence-corrected chi connectivity index (χ1v) is 19.5. The smallest absolute Gasteiger partial charge is 0.0540 e. The van der Waals surface area contributed by atoms with Crippen molar-refractivity contribution >= 4 is 27.8 Å². The molecule has 2 spiro atoms. The van der Waals surface area contributed by atoms with Crippen molar-refractivity contribution in [1.82, 2.24) is 0 Å². The van der Waals surface area contributed by atoms with Crippen LogP contribution in [0.4, 0.5) is 17.1 Å². The summed E-state index contributed by atoms with van der Waals surface area (Å²) < 4.78 is 0. The zero-order valence-electron chi connectivity index (χ0n) is 28.7. The fraction of sp³-hybridized carbons (Fsp3) is 0.306. The summed E-state index contributed by atoms with van der Waals surface area (Å²) in [6, 6.07) is 49.7. The predicted octanol–water partition coefficient (Wildman–Crippen LogP) is 12.9. The zero-order valence-corrected chi connectivity index (χ0v) is 28.7. The maximum absolute atomic E-state index is 2.60. The van der Waals surface area contributed by atoms with Gasteiger partial charge in [0.1, 0.15) is 0 Å².